The molecule has 1 heterocycles. The van der Waals surface area contributed by atoms with Gasteiger partial charge in [-0.25, -0.2) is 14.0 Å². The van der Waals surface area contributed by atoms with Crippen LogP contribution >= 0.6 is 0 Å². The van der Waals surface area contributed by atoms with Crippen molar-refractivity contribution in [3.8, 4) is 11.5 Å². The van der Waals surface area contributed by atoms with Crippen LogP contribution < -0.4 is 15.1 Å². The molecule has 0 aliphatic heterocycles. The van der Waals surface area contributed by atoms with Crippen LogP contribution in [0.15, 0.2) is 57.7 Å². The number of carbonyl (C=O) groups is 1. The highest BCUT2D eigenvalue weighted by molar-refractivity contribution is 5.82. The van der Waals surface area contributed by atoms with Gasteiger partial charge in [0.1, 0.15) is 29.5 Å². The Labute approximate surface area is 160 Å². The standard InChI is InChI=1S/C21H19FO6/c1-21(2,28-15-6-4-14(22)5-7-15)20(24)26-12-13-10-19(23)27-18-11-16(25-3)8-9-17(13)18/h4-11H,12H2,1-3H3. The molecule has 0 aliphatic carbocycles. The second kappa shape index (κ2) is 7.72. The topological polar surface area (TPSA) is 75.0 Å². The lowest BCUT2D eigenvalue weighted by Gasteiger charge is -2.24. The van der Waals surface area contributed by atoms with E-state index in [9.17, 15) is 14.0 Å². The van der Waals surface area contributed by atoms with Gasteiger partial charge in [-0.3, -0.25) is 0 Å². The van der Waals surface area contributed by atoms with E-state index < -0.39 is 23.0 Å². The summed E-state index contributed by atoms with van der Waals surface area (Å²) in [5.74, 6) is -0.161. The van der Waals surface area contributed by atoms with E-state index in [0.717, 1.165) is 0 Å². The van der Waals surface area contributed by atoms with Crippen LogP contribution in [0.3, 0.4) is 0 Å². The normalized spacial score (nSPS) is 11.3. The largest absolute Gasteiger partial charge is 0.497 e. The van der Waals surface area contributed by atoms with Gasteiger partial charge in [0.2, 0.25) is 0 Å². The van der Waals surface area contributed by atoms with Crippen molar-refractivity contribution in [2.24, 2.45) is 0 Å². The predicted molar refractivity (Wildman–Crippen MR) is 99.9 cm³/mol. The van der Waals surface area contributed by atoms with E-state index in [1.807, 2.05) is 0 Å². The Bertz CT molecular complexity index is 1050. The van der Waals surface area contributed by atoms with Gasteiger partial charge in [0.25, 0.3) is 0 Å². The lowest BCUT2D eigenvalue weighted by Crippen LogP contribution is -2.39. The lowest BCUT2D eigenvalue weighted by atomic mass is 10.1. The van der Waals surface area contributed by atoms with Gasteiger partial charge in [-0.2, -0.15) is 0 Å². The van der Waals surface area contributed by atoms with Crippen LogP contribution in [0.1, 0.15) is 19.4 Å². The summed E-state index contributed by atoms with van der Waals surface area (Å²) in [6.45, 7) is 2.95. The molecule has 6 nitrogen and oxygen atoms in total. The molecule has 0 unspecified atom stereocenters. The number of esters is 1. The van der Waals surface area contributed by atoms with Crippen LogP contribution in [-0.4, -0.2) is 18.7 Å². The Balaban J connectivity index is 1.76. The van der Waals surface area contributed by atoms with Gasteiger partial charge in [-0.1, -0.05) is 0 Å². The summed E-state index contributed by atoms with van der Waals surface area (Å²) in [6, 6.07) is 11.6. The average molecular weight is 386 g/mol. The Morgan fingerprint density at radius 1 is 1.07 bits per heavy atom. The predicted octanol–water partition coefficient (Wildman–Crippen LogP) is 3.84. The number of benzene rings is 2. The molecular weight excluding hydrogens is 367 g/mol. The first-order valence-electron chi connectivity index (χ1n) is 8.51. The average Bonchev–Trinajstić information content (AvgIpc) is 2.66. The van der Waals surface area contributed by atoms with Gasteiger partial charge in [0.05, 0.1) is 7.11 Å². The Morgan fingerprint density at radius 3 is 2.43 bits per heavy atom. The maximum absolute atomic E-state index is 13.0. The van der Waals surface area contributed by atoms with Crippen LogP contribution in [0, 0.1) is 5.82 Å². The maximum atomic E-state index is 13.0. The monoisotopic (exact) mass is 386 g/mol. The van der Waals surface area contributed by atoms with E-state index in [-0.39, 0.29) is 6.61 Å². The zero-order chi connectivity index (χ0) is 20.3. The number of hydrogen-bond donors (Lipinski definition) is 0. The highest BCUT2D eigenvalue weighted by atomic mass is 19.1. The van der Waals surface area contributed by atoms with E-state index in [1.54, 1.807) is 32.0 Å². The quantitative estimate of drug-likeness (QED) is 0.473. The SMILES string of the molecule is COc1ccc2c(COC(=O)C(C)(C)Oc3ccc(F)cc3)cc(=O)oc2c1. The molecule has 7 heteroatoms. The number of rotatable bonds is 6. The first-order chi connectivity index (χ1) is 13.3. The third-order valence-corrected chi connectivity index (χ3v) is 4.07. The summed E-state index contributed by atoms with van der Waals surface area (Å²) in [6.07, 6.45) is 0. The Hall–Kier alpha value is -3.35. The molecule has 0 saturated carbocycles. The maximum Gasteiger partial charge on any atom is 0.350 e. The van der Waals surface area contributed by atoms with E-state index in [4.69, 9.17) is 18.6 Å². The van der Waals surface area contributed by atoms with Crippen LogP contribution in [0.5, 0.6) is 11.5 Å². The second-order valence-electron chi connectivity index (χ2n) is 6.60. The second-order valence-corrected chi connectivity index (χ2v) is 6.60. The highest BCUT2D eigenvalue weighted by Gasteiger charge is 2.32. The number of carbonyl (C=O) groups excluding carboxylic acids is 1. The van der Waals surface area contributed by atoms with Crippen molar-refractivity contribution in [2.45, 2.75) is 26.1 Å². The molecule has 0 spiro atoms. The van der Waals surface area contributed by atoms with E-state index >= 15 is 0 Å². The number of methoxy groups -OCH3 is 1. The third-order valence-electron chi connectivity index (χ3n) is 4.07. The molecule has 0 fully saturated rings. The molecule has 0 radical (unpaired) electrons. The van der Waals surface area contributed by atoms with Crippen molar-refractivity contribution in [1.82, 2.24) is 0 Å². The molecule has 0 saturated heterocycles. The van der Waals surface area contributed by atoms with Crippen molar-refractivity contribution < 1.29 is 27.8 Å². The minimum atomic E-state index is -1.31. The van der Waals surface area contributed by atoms with Crippen molar-refractivity contribution in [2.75, 3.05) is 7.11 Å². The van der Waals surface area contributed by atoms with E-state index in [2.05, 4.69) is 0 Å². The molecule has 28 heavy (non-hydrogen) atoms. The smallest absolute Gasteiger partial charge is 0.350 e. The fourth-order valence-electron chi connectivity index (χ4n) is 2.61. The fourth-order valence-corrected chi connectivity index (χ4v) is 2.61. The molecule has 0 aliphatic rings. The van der Waals surface area contributed by atoms with Crippen molar-refractivity contribution >= 4 is 16.9 Å². The molecule has 0 N–H and O–H groups in total. The number of fused-ring (bicyclic) bond motifs is 1. The van der Waals surface area contributed by atoms with Gasteiger partial charge in [-0.05, 0) is 50.2 Å². The number of ether oxygens (including phenoxy) is 3. The summed E-state index contributed by atoms with van der Waals surface area (Å²) in [5.41, 5.74) is -1.04. The summed E-state index contributed by atoms with van der Waals surface area (Å²) >= 11 is 0. The highest BCUT2D eigenvalue weighted by Crippen LogP contribution is 2.24. The molecule has 1 aromatic heterocycles. The Morgan fingerprint density at radius 2 is 1.75 bits per heavy atom. The first-order valence-corrected chi connectivity index (χ1v) is 8.51. The van der Waals surface area contributed by atoms with Gasteiger partial charge in [0, 0.05) is 23.1 Å². The summed E-state index contributed by atoms with van der Waals surface area (Å²) < 4.78 is 34.3. The van der Waals surface area contributed by atoms with Gasteiger partial charge < -0.3 is 18.6 Å². The zero-order valence-electron chi connectivity index (χ0n) is 15.7. The van der Waals surface area contributed by atoms with Crippen molar-refractivity contribution in [3.63, 3.8) is 0 Å². The summed E-state index contributed by atoms with van der Waals surface area (Å²) in [5, 5.41) is 0.630. The molecular formula is C21H19FO6. The molecule has 2 aromatic carbocycles. The number of hydrogen-bond acceptors (Lipinski definition) is 6. The van der Waals surface area contributed by atoms with Crippen LogP contribution in [0.25, 0.3) is 11.0 Å². The molecule has 0 bridgehead atoms. The minimum absolute atomic E-state index is 0.135. The number of halogens is 1. The van der Waals surface area contributed by atoms with E-state index in [0.29, 0.717) is 28.0 Å². The van der Waals surface area contributed by atoms with E-state index in [1.165, 1.54) is 37.4 Å². The van der Waals surface area contributed by atoms with Crippen LogP contribution in [0.4, 0.5) is 4.39 Å². The van der Waals surface area contributed by atoms with Crippen molar-refractivity contribution in [3.05, 3.63) is 70.3 Å². The van der Waals surface area contributed by atoms with Gasteiger partial charge in [0.15, 0.2) is 5.60 Å². The van der Waals surface area contributed by atoms with Crippen LogP contribution in [-0.2, 0) is 16.1 Å². The molecule has 3 aromatic rings. The summed E-state index contributed by atoms with van der Waals surface area (Å²) in [4.78, 5) is 24.3. The zero-order valence-corrected chi connectivity index (χ0v) is 15.7. The Kier molecular flexibility index (Phi) is 5.35. The molecule has 0 amide bonds. The molecule has 0 atom stereocenters. The van der Waals surface area contributed by atoms with Gasteiger partial charge in [-0.15, -0.1) is 0 Å². The molecule has 3 rings (SSSR count). The molecule has 146 valence electrons. The first kappa shape index (κ1) is 19.4. The minimum Gasteiger partial charge on any atom is -0.497 e. The lowest BCUT2D eigenvalue weighted by molar-refractivity contribution is -0.160. The summed E-state index contributed by atoms with van der Waals surface area (Å²) in [7, 11) is 1.51. The van der Waals surface area contributed by atoms with Gasteiger partial charge >= 0.3 is 11.6 Å². The fraction of sp³-hybridized carbons (Fsp3) is 0.238. The third kappa shape index (κ3) is 4.31. The van der Waals surface area contributed by atoms with Crippen molar-refractivity contribution in [1.29, 1.82) is 0 Å². The van der Waals surface area contributed by atoms with Crippen LogP contribution in [0.2, 0.25) is 0 Å².